The van der Waals surface area contributed by atoms with Crippen molar-refractivity contribution in [3.05, 3.63) is 84.2 Å². The Morgan fingerprint density at radius 2 is 1.85 bits per heavy atom. The van der Waals surface area contributed by atoms with Gasteiger partial charge in [-0.3, -0.25) is 4.98 Å². The maximum atomic E-state index is 6.69. The zero-order chi connectivity index (χ0) is 22.0. The van der Waals surface area contributed by atoms with E-state index in [1.807, 2.05) is 18.5 Å². The Morgan fingerprint density at radius 1 is 1.03 bits per heavy atom. The normalized spacial score (nSPS) is 23.9. The van der Waals surface area contributed by atoms with Gasteiger partial charge in [-0.1, -0.05) is 42.5 Å². The quantitative estimate of drug-likeness (QED) is 0.420. The zero-order valence-corrected chi connectivity index (χ0v) is 21.4. The molecule has 3 atom stereocenters. The standard InChI is InChI=1S/C28H32N2O2.2ClH/c1-20(2)32-26-12-11-22(23-10-6-14-29-18-23)16-25(26)24-17-28(31-19-24)13-7-15-30-27(28)21-8-4-3-5-9-21;;/h3-6,8-12,14,16,18,20,24,27,30H,7,13,15,17,19H2,1-2H3;2*1H/t24-,27+,28-;;/m1../s1. The topological polar surface area (TPSA) is 43.4 Å². The minimum atomic E-state index is -0.177. The number of nitrogens with zero attached hydrogens (tertiary/aromatic N) is 1. The molecule has 6 heteroatoms. The highest BCUT2D eigenvalue weighted by Crippen LogP contribution is 2.50. The highest BCUT2D eigenvalue weighted by Gasteiger charge is 2.49. The average molecular weight is 501 g/mol. The van der Waals surface area contributed by atoms with Crippen LogP contribution in [0.1, 0.15) is 56.2 Å². The van der Waals surface area contributed by atoms with Gasteiger partial charge in [-0.25, -0.2) is 0 Å². The Kier molecular flexibility index (Phi) is 9.00. The number of piperidine rings is 1. The lowest BCUT2D eigenvalue weighted by Gasteiger charge is -2.41. The van der Waals surface area contributed by atoms with Crippen molar-refractivity contribution in [2.75, 3.05) is 13.2 Å². The van der Waals surface area contributed by atoms with Gasteiger partial charge in [-0.05, 0) is 69.0 Å². The second-order valence-electron chi connectivity index (χ2n) is 9.34. The Hall–Kier alpha value is -2.11. The van der Waals surface area contributed by atoms with Crippen molar-refractivity contribution in [2.45, 2.75) is 56.8 Å². The molecule has 1 aromatic heterocycles. The molecule has 2 saturated heterocycles. The average Bonchev–Trinajstić information content (AvgIpc) is 3.24. The molecule has 0 saturated carbocycles. The second-order valence-corrected chi connectivity index (χ2v) is 9.34. The van der Waals surface area contributed by atoms with Gasteiger partial charge in [-0.2, -0.15) is 0 Å². The van der Waals surface area contributed by atoms with Crippen LogP contribution in [0.3, 0.4) is 0 Å². The van der Waals surface area contributed by atoms with Crippen LogP contribution in [-0.4, -0.2) is 29.8 Å². The van der Waals surface area contributed by atoms with Gasteiger partial charge in [0.25, 0.3) is 0 Å². The van der Waals surface area contributed by atoms with Crippen LogP contribution in [0.2, 0.25) is 0 Å². The SMILES string of the molecule is CC(C)Oc1ccc(-c2cccnc2)cc1[C@H]1CO[C@]2(CCCN[C@H]2c2ccccc2)C1.Cl.Cl. The number of pyridine rings is 1. The van der Waals surface area contributed by atoms with Gasteiger partial charge in [-0.15, -0.1) is 24.8 Å². The van der Waals surface area contributed by atoms with E-state index in [1.165, 1.54) is 16.7 Å². The smallest absolute Gasteiger partial charge is 0.123 e. The largest absolute Gasteiger partial charge is 0.491 e. The fourth-order valence-electron chi connectivity index (χ4n) is 5.35. The molecule has 182 valence electrons. The third-order valence-electron chi connectivity index (χ3n) is 6.76. The molecule has 4 nitrogen and oxygen atoms in total. The lowest BCUT2D eigenvalue weighted by Crippen LogP contribution is -2.48. The Morgan fingerprint density at radius 3 is 2.59 bits per heavy atom. The van der Waals surface area contributed by atoms with Crippen LogP contribution in [0, 0.1) is 0 Å². The molecule has 0 aliphatic carbocycles. The summed E-state index contributed by atoms with van der Waals surface area (Å²) in [7, 11) is 0. The number of benzene rings is 2. The maximum Gasteiger partial charge on any atom is 0.123 e. The number of hydrogen-bond donors (Lipinski definition) is 1. The van der Waals surface area contributed by atoms with E-state index in [-0.39, 0.29) is 42.6 Å². The number of ether oxygens (including phenoxy) is 2. The van der Waals surface area contributed by atoms with E-state index in [0.29, 0.717) is 5.92 Å². The van der Waals surface area contributed by atoms with Gasteiger partial charge in [0.15, 0.2) is 0 Å². The lowest BCUT2D eigenvalue weighted by atomic mass is 9.76. The minimum absolute atomic E-state index is 0. The zero-order valence-electron chi connectivity index (χ0n) is 19.8. The van der Waals surface area contributed by atoms with Crippen LogP contribution in [0.4, 0.5) is 0 Å². The monoisotopic (exact) mass is 500 g/mol. The van der Waals surface area contributed by atoms with Crippen LogP contribution >= 0.6 is 24.8 Å². The maximum absolute atomic E-state index is 6.69. The van der Waals surface area contributed by atoms with Crippen LogP contribution in [0.5, 0.6) is 5.75 Å². The first-order valence-electron chi connectivity index (χ1n) is 11.8. The number of hydrogen-bond acceptors (Lipinski definition) is 4. The van der Waals surface area contributed by atoms with Gasteiger partial charge >= 0.3 is 0 Å². The highest BCUT2D eigenvalue weighted by atomic mass is 35.5. The summed E-state index contributed by atoms with van der Waals surface area (Å²) in [6.07, 6.45) is 7.08. The third-order valence-corrected chi connectivity index (χ3v) is 6.76. The first-order valence-corrected chi connectivity index (χ1v) is 11.8. The van der Waals surface area contributed by atoms with Gasteiger partial charge < -0.3 is 14.8 Å². The summed E-state index contributed by atoms with van der Waals surface area (Å²) in [5.74, 6) is 1.27. The van der Waals surface area contributed by atoms with E-state index >= 15 is 0 Å². The van der Waals surface area contributed by atoms with Crippen molar-refractivity contribution in [1.29, 1.82) is 0 Å². The van der Waals surface area contributed by atoms with E-state index in [9.17, 15) is 0 Å². The molecule has 0 radical (unpaired) electrons. The van der Waals surface area contributed by atoms with E-state index in [0.717, 1.165) is 43.7 Å². The Bertz CT molecular complexity index is 1050. The molecule has 0 bridgehead atoms. The number of rotatable bonds is 5. The van der Waals surface area contributed by atoms with E-state index in [4.69, 9.17) is 9.47 Å². The van der Waals surface area contributed by atoms with Crippen LogP contribution in [-0.2, 0) is 4.74 Å². The first-order chi connectivity index (χ1) is 15.6. The van der Waals surface area contributed by atoms with Crippen LogP contribution < -0.4 is 10.1 Å². The minimum Gasteiger partial charge on any atom is -0.491 e. The predicted octanol–water partition coefficient (Wildman–Crippen LogP) is 6.75. The van der Waals surface area contributed by atoms with Gasteiger partial charge in [0.05, 0.1) is 24.4 Å². The molecule has 3 heterocycles. The van der Waals surface area contributed by atoms with Gasteiger partial charge in [0.2, 0.25) is 0 Å². The molecular formula is C28H34Cl2N2O2. The van der Waals surface area contributed by atoms with Crippen molar-refractivity contribution >= 4 is 24.8 Å². The van der Waals surface area contributed by atoms with E-state index in [1.54, 1.807) is 0 Å². The molecule has 1 spiro atoms. The number of halogens is 2. The highest BCUT2D eigenvalue weighted by molar-refractivity contribution is 5.85. The molecule has 1 N–H and O–H groups in total. The van der Waals surface area contributed by atoms with Crippen molar-refractivity contribution in [2.24, 2.45) is 0 Å². The third kappa shape index (κ3) is 5.41. The molecule has 2 aliphatic rings. The Labute approximate surface area is 215 Å². The van der Waals surface area contributed by atoms with Crippen molar-refractivity contribution in [3.63, 3.8) is 0 Å². The summed E-state index contributed by atoms with van der Waals surface area (Å²) >= 11 is 0. The fraction of sp³-hybridized carbons (Fsp3) is 0.393. The fourth-order valence-corrected chi connectivity index (χ4v) is 5.35. The second kappa shape index (κ2) is 11.5. The van der Waals surface area contributed by atoms with E-state index in [2.05, 4.69) is 78.7 Å². The van der Waals surface area contributed by atoms with Gasteiger partial charge in [0, 0.05) is 29.4 Å². The number of nitrogens with one attached hydrogen (secondary N) is 1. The van der Waals surface area contributed by atoms with Crippen LogP contribution in [0.15, 0.2) is 73.1 Å². The van der Waals surface area contributed by atoms with Crippen molar-refractivity contribution < 1.29 is 9.47 Å². The molecule has 34 heavy (non-hydrogen) atoms. The molecular weight excluding hydrogens is 467 g/mol. The molecule has 0 amide bonds. The summed E-state index contributed by atoms with van der Waals surface area (Å²) in [4.78, 5) is 4.31. The Balaban J connectivity index is 0.00000162. The van der Waals surface area contributed by atoms with Crippen molar-refractivity contribution in [3.8, 4) is 16.9 Å². The lowest BCUT2D eigenvalue weighted by molar-refractivity contribution is -0.0484. The van der Waals surface area contributed by atoms with Crippen LogP contribution in [0.25, 0.3) is 11.1 Å². The summed E-state index contributed by atoms with van der Waals surface area (Å²) in [6, 6.07) is 21.6. The molecule has 2 aromatic carbocycles. The number of aromatic nitrogens is 1. The van der Waals surface area contributed by atoms with Crippen molar-refractivity contribution in [1.82, 2.24) is 10.3 Å². The molecule has 2 aliphatic heterocycles. The predicted molar refractivity (Wildman–Crippen MR) is 142 cm³/mol. The van der Waals surface area contributed by atoms with E-state index < -0.39 is 0 Å². The molecule has 5 rings (SSSR count). The summed E-state index contributed by atoms with van der Waals surface area (Å²) in [5.41, 5.74) is 4.68. The summed E-state index contributed by atoms with van der Waals surface area (Å²) < 4.78 is 12.9. The summed E-state index contributed by atoms with van der Waals surface area (Å²) in [5, 5.41) is 3.76. The molecule has 2 fully saturated rings. The van der Waals surface area contributed by atoms with Gasteiger partial charge in [0.1, 0.15) is 5.75 Å². The molecule has 3 aromatic rings. The summed E-state index contributed by atoms with van der Waals surface area (Å²) in [6.45, 7) is 5.92. The molecule has 0 unspecified atom stereocenters. The first kappa shape index (κ1) is 26.5.